The SMILES string of the molecule is C[C@H](NC(=O)CNC(=O)[C@@H](N)CCCCN)C(=O)N[C@@H](CCCCN)C(=O)NCC(=O)N[C@@H](CCC(=O)O)C(=O)N[C@@H](CCCCN)C(=O)NCC(=O)N[C@@H](CCC(N)=O)C(=O)N[C@@H](C)C(=O)NCC(=O)N1CCC[C@H]1C(=O)N1CCC[C@H]1C(=O)O. The summed E-state index contributed by atoms with van der Waals surface area (Å²) in [6, 6.07) is -11.1. The molecule has 0 aromatic rings. The molecule has 34 nitrogen and oxygen atoms in total. The fourth-order valence-electron chi connectivity index (χ4n) is 9.15. The molecule has 2 aliphatic rings. The maximum Gasteiger partial charge on any atom is 0.326 e. The highest BCUT2D eigenvalue weighted by Crippen LogP contribution is 2.25. The van der Waals surface area contributed by atoms with E-state index in [9.17, 15) is 82.1 Å². The Morgan fingerprint density at radius 2 is 0.872 bits per heavy atom. The van der Waals surface area contributed by atoms with Crippen molar-refractivity contribution in [2.75, 3.05) is 58.9 Å². The number of hydrogen-bond donors (Lipinski definition) is 17. The molecule has 0 radical (unpaired) electrons. The van der Waals surface area contributed by atoms with Crippen molar-refractivity contribution in [2.24, 2.45) is 28.7 Å². The Balaban J connectivity index is 2.07. The van der Waals surface area contributed by atoms with Gasteiger partial charge in [0.15, 0.2) is 0 Å². The van der Waals surface area contributed by atoms with Crippen molar-refractivity contribution in [2.45, 2.75) is 177 Å². The van der Waals surface area contributed by atoms with E-state index in [4.69, 9.17) is 28.7 Å². The van der Waals surface area contributed by atoms with Crippen LogP contribution in [0.15, 0.2) is 0 Å². The summed E-state index contributed by atoms with van der Waals surface area (Å²) >= 11 is 0. The highest BCUT2D eigenvalue weighted by Gasteiger charge is 2.42. The fraction of sp³-hybridized carbons (Fsp3) is 0.712. The number of nitrogens with one attached hydrogen (secondary N) is 10. The second-order valence-electron chi connectivity index (χ2n) is 20.9. The predicted molar refractivity (Wildman–Crippen MR) is 304 cm³/mol. The number of likely N-dealkylation sites (tertiary alicyclic amines) is 2. The Bertz CT molecular complexity index is 2380. The Hall–Kier alpha value is -8.11. The predicted octanol–water partition coefficient (Wildman–Crippen LogP) is -7.69. The van der Waals surface area contributed by atoms with Gasteiger partial charge >= 0.3 is 11.9 Å². The molecule has 22 N–H and O–H groups in total. The van der Waals surface area contributed by atoms with Crippen molar-refractivity contribution in [3.8, 4) is 0 Å². The molecule has 2 rings (SSSR count). The van der Waals surface area contributed by atoms with Gasteiger partial charge in [0.2, 0.25) is 76.8 Å². The fourth-order valence-corrected chi connectivity index (χ4v) is 9.15. The van der Waals surface area contributed by atoms with E-state index in [1.54, 1.807) is 0 Å². The lowest BCUT2D eigenvalue weighted by Crippen LogP contribution is -2.57. The standard InChI is InChI=1S/C52H89N17O17/c1-29(44(77)61-28-42(74)68-23-9-14-36(68)51(84)69-24-10-15-37(69)52(85)86)63-49(82)34(16-18-38(57)70)64-40(72)26-60-48(81)33(13-5-8-22-55)67-50(83)35(17-19-43(75)76)65-41(73)27-59-47(80)32(12-4-7-21-54)66-45(78)30(2)62-39(71)25-58-46(79)31(56)11-3-6-20-53/h29-37H,3-28,53-56H2,1-2H3,(H2,57,70)(H,58,79)(H,59,80)(H,60,81)(H,61,77)(H,62,71)(H,63,82)(H,64,72)(H,65,73)(H,66,78)(H,67,83)(H,75,76)(H,85,86)/t29-,30-,31-,32-,33-,34-,35-,36-,37-/m0/s1. The average Bonchev–Trinajstić information content (AvgIpc) is 3.23. The van der Waals surface area contributed by atoms with Gasteiger partial charge in [-0.25, -0.2) is 4.79 Å². The van der Waals surface area contributed by atoms with E-state index in [1.165, 1.54) is 23.6 Å². The summed E-state index contributed by atoms with van der Waals surface area (Å²) < 4.78 is 0. The number of carboxylic acids is 2. The molecule has 0 unspecified atom stereocenters. The molecular formula is C52H89N17O17. The van der Waals surface area contributed by atoms with Gasteiger partial charge in [0, 0.05) is 25.9 Å². The molecule has 2 heterocycles. The largest absolute Gasteiger partial charge is 0.481 e. The summed E-state index contributed by atoms with van der Waals surface area (Å²) in [5.41, 5.74) is 27.9. The van der Waals surface area contributed by atoms with Gasteiger partial charge in [0.05, 0.1) is 32.2 Å². The first-order valence-electron chi connectivity index (χ1n) is 28.8. The summed E-state index contributed by atoms with van der Waals surface area (Å²) in [5.74, 6) is -13.2. The molecule has 0 aliphatic carbocycles. The normalized spacial score (nSPS) is 16.9. The minimum Gasteiger partial charge on any atom is -0.481 e. The summed E-state index contributed by atoms with van der Waals surface area (Å²) in [6.45, 7) is 1.18. The van der Waals surface area contributed by atoms with Crippen LogP contribution in [0, 0.1) is 0 Å². The number of primary amides is 1. The van der Waals surface area contributed by atoms with Crippen LogP contribution in [0.4, 0.5) is 0 Å². The Kier molecular flexibility index (Phi) is 34.0. The maximum atomic E-state index is 13.7. The molecule has 13 amide bonds. The molecule has 0 aromatic carbocycles. The number of carbonyl (C=O) groups excluding carboxylic acids is 13. The van der Waals surface area contributed by atoms with Gasteiger partial charge in [-0.3, -0.25) is 67.1 Å². The van der Waals surface area contributed by atoms with E-state index in [0.29, 0.717) is 64.3 Å². The van der Waals surface area contributed by atoms with Crippen LogP contribution in [0.2, 0.25) is 0 Å². The van der Waals surface area contributed by atoms with Crippen LogP contribution in [-0.2, 0) is 71.9 Å². The van der Waals surface area contributed by atoms with Crippen LogP contribution < -0.4 is 81.8 Å². The second-order valence-corrected chi connectivity index (χ2v) is 20.9. The van der Waals surface area contributed by atoms with Crippen molar-refractivity contribution < 1.29 is 82.1 Å². The molecule has 86 heavy (non-hydrogen) atoms. The highest BCUT2D eigenvalue weighted by atomic mass is 16.4. The topological polar surface area (TPSA) is 553 Å². The molecule has 0 saturated carbocycles. The molecule has 2 saturated heterocycles. The Morgan fingerprint density at radius 3 is 1.37 bits per heavy atom. The third-order valence-corrected chi connectivity index (χ3v) is 14.0. The molecule has 2 fully saturated rings. The third kappa shape index (κ3) is 27.3. The Labute approximate surface area is 497 Å². The van der Waals surface area contributed by atoms with E-state index in [-0.39, 0.29) is 58.3 Å². The zero-order chi connectivity index (χ0) is 64.5. The average molecular weight is 1220 g/mol. The number of unbranched alkanes of at least 4 members (excludes halogenated alkanes) is 3. The molecule has 9 atom stereocenters. The number of nitrogens with zero attached hydrogens (tertiary/aromatic N) is 2. The number of rotatable bonds is 41. The molecule has 2 aliphatic heterocycles. The number of carbonyl (C=O) groups is 15. The van der Waals surface area contributed by atoms with Crippen LogP contribution in [0.1, 0.15) is 123 Å². The van der Waals surface area contributed by atoms with Crippen LogP contribution >= 0.6 is 0 Å². The van der Waals surface area contributed by atoms with Crippen LogP contribution in [0.5, 0.6) is 0 Å². The van der Waals surface area contributed by atoms with E-state index >= 15 is 0 Å². The van der Waals surface area contributed by atoms with Gasteiger partial charge < -0.3 is 102 Å². The van der Waals surface area contributed by atoms with Crippen LogP contribution in [-0.4, -0.2) is 222 Å². The van der Waals surface area contributed by atoms with Gasteiger partial charge in [-0.1, -0.05) is 6.42 Å². The maximum absolute atomic E-state index is 13.7. The quantitative estimate of drug-likeness (QED) is 0.0253. The van der Waals surface area contributed by atoms with E-state index in [2.05, 4.69) is 53.2 Å². The van der Waals surface area contributed by atoms with Gasteiger partial charge in [-0.05, 0) is 123 Å². The first-order chi connectivity index (χ1) is 40.7. The van der Waals surface area contributed by atoms with E-state index in [1.807, 2.05) is 0 Å². The lowest BCUT2D eigenvalue weighted by Gasteiger charge is -2.30. The number of amides is 13. The number of nitrogens with two attached hydrogens (primary N) is 5. The summed E-state index contributed by atoms with van der Waals surface area (Å²) in [4.78, 5) is 196. The summed E-state index contributed by atoms with van der Waals surface area (Å²) in [6.07, 6.45) is 2.58. The molecular weight excluding hydrogens is 1130 g/mol. The number of aliphatic carboxylic acids is 2. The lowest BCUT2D eigenvalue weighted by atomic mass is 10.1. The first kappa shape index (κ1) is 74.0. The van der Waals surface area contributed by atoms with Crippen LogP contribution in [0.3, 0.4) is 0 Å². The van der Waals surface area contributed by atoms with Crippen molar-refractivity contribution in [1.82, 2.24) is 63.0 Å². The van der Waals surface area contributed by atoms with Crippen molar-refractivity contribution in [3.05, 3.63) is 0 Å². The van der Waals surface area contributed by atoms with Gasteiger partial charge in [-0.2, -0.15) is 0 Å². The van der Waals surface area contributed by atoms with Crippen LogP contribution in [0.25, 0.3) is 0 Å². The first-order valence-corrected chi connectivity index (χ1v) is 28.8. The molecule has 0 aromatic heterocycles. The summed E-state index contributed by atoms with van der Waals surface area (Å²) in [5, 5.41) is 42.9. The zero-order valence-corrected chi connectivity index (χ0v) is 48.9. The minimum absolute atomic E-state index is 0.0402. The summed E-state index contributed by atoms with van der Waals surface area (Å²) in [7, 11) is 0. The zero-order valence-electron chi connectivity index (χ0n) is 48.9. The van der Waals surface area contributed by atoms with E-state index in [0.717, 1.165) is 0 Å². The molecule has 484 valence electrons. The van der Waals surface area contributed by atoms with Gasteiger partial charge in [-0.15, -0.1) is 0 Å². The number of carboxylic acid groups (broad SMARTS) is 2. The van der Waals surface area contributed by atoms with Crippen molar-refractivity contribution in [1.29, 1.82) is 0 Å². The van der Waals surface area contributed by atoms with Gasteiger partial charge in [0.25, 0.3) is 0 Å². The number of hydrogen-bond acceptors (Lipinski definition) is 19. The van der Waals surface area contributed by atoms with Crippen molar-refractivity contribution in [3.63, 3.8) is 0 Å². The monoisotopic (exact) mass is 1220 g/mol. The van der Waals surface area contributed by atoms with Crippen molar-refractivity contribution >= 4 is 88.7 Å². The lowest BCUT2D eigenvalue weighted by molar-refractivity contribution is -0.151. The molecule has 34 heteroatoms. The Morgan fingerprint density at radius 1 is 0.453 bits per heavy atom. The highest BCUT2D eigenvalue weighted by molar-refractivity contribution is 5.98. The third-order valence-electron chi connectivity index (χ3n) is 14.0. The minimum atomic E-state index is -1.61. The second kappa shape index (κ2) is 39.5. The van der Waals surface area contributed by atoms with E-state index < -0.39 is 189 Å². The van der Waals surface area contributed by atoms with Gasteiger partial charge in [0.1, 0.15) is 48.3 Å². The smallest absolute Gasteiger partial charge is 0.326 e. The molecule has 0 bridgehead atoms. The molecule has 0 spiro atoms.